The highest BCUT2D eigenvalue weighted by atomic mass is 16.5. The zero-order valence-corrected chi connectivity index (χ0v) is 10.1. The van der Waals surface area contributed by atoms with Crippen LogP contribution in [-0.4, -0.2) is 24.9 Å². The Morgan fingerprint density at radius 1 is 1.29 bits per heavy atom. The van der Waals surface area contributed by atoms with E-state index >= 15 is 0 Å². The van der Waals surface area contributed by atoms with Gasteiger partial charge in [-0.15, -0.1) is 0 Å². The average molecular weight is 233 g/mol. The van der Waals surface area contributed by atoms with Crippen LogP contribution in [-0.2, 0) is 9.59 Å². The number of ketones is 2. The van der Waals surface area contributed by atoms with E-state index in [1.54, 1.807) is 31.4 Å². The van der Waals surface area contributed by atoms with Crippen molar-refractivity contribution in [1.29, 1.82) is 0 Å². The number of benzene rings is 1. The highest BCUT2D eigenvalue weighted by molar-refractivity contribution is 6.13. The molecule has 4 heteroatoms. The van der Waals surface area contributed by atoms with Crippen LogP contribution in [0.25, 0.3) is 0 Å². The lowest BCUT2D eigenvalue weighted by Crippen LogP contribution is -2.20. The van der Waals surface area contributed by atoms with Gasteiger partial charge in [0, 0.05) is 12.3 Å². The Labute approximate surface area is 100 Å². The van der Waals surface area contributed by atoms with Crippen molar-refractivity contribution >= 4 is 23.5 Å². The number of carbonyl (C=O) groups excluding carboxylic acids is 2. The zero-order chi connectivity index (χ0) is 12.8. The van der Waals surface area contributed by atoms with Gasteiger partial charge < -0.3 is 4.74 Å². The van der Waals surface area contributed by atoms with E-state index in [0.717, 1.165) is 0 Å². The summed E-state index contributed by atoms with van der Waals surface area (Å²) in [6.45, 7) is 2.76. The average Bonchev–Trinajstić information content (AvgIpc) is 2.28. The number of methoxy groups -OCH3 is 1. The summed E-state index contributed by atoms with van der Waals surface area (Å²) >= 11 is 0. The normalized spacial score (nSPS) is 10.8. The number of ether oxygens (including phenoxy) is 1. The van der Waals surface area contributed by atoms with E-state index in [2.05, 4.69) is 4.99 Å². The van der Waals surface area contributed by atoms with Crippen molar-refractivity contribution in [3.63, 3.8) is 0 Å². The van der Waals surface area contributed by atoms with Gasteiger partial charge in [0.05, 0.1) is 12.8 Å². The topological polar surface area (TPSA) is 55.7 Å². The Morgan fingerprint density at radius 3 is 2.47 bits per heavy atom. The minimum absolute atomic E-state index is 0.204. The maximum absolute atomic E-state index is 11.2. The fraction of sp³-hybridized carbons (Fsp3) is 0.308. The first kappa shape index (κ1) is 13.1. The summed E-state index contributed by atoms with van der Waals surface area (Å²) in [6.07, 6.45) is 1.37. The number of carbonyl (C=O) groups is 2. The molecule has 0 N–H and O–H groups in total. The summed E-state index contributed by atoms with van der Waals surface area (Å²) < 4.78 is 5.05. The van der Waals surface area contributed by atoms with Crippen molar-refractivity contribution in [3.8, 4) is 5.75 Å². The lowest BCUT2D eigenvalue weighted by atomic mass is 10.0. The van der Waals surface area contributed by atoms with Gasteiger partial charge in [0.25, 0.3) is 0 Å². The van der Waals surface area contributed by atoms with Crippen LogP contribution < -0.4 is 4.74 Å². The van der Waals surface area contributed by atoms with Gasteiger partial charge in [0.2, 0.25) is 0 Å². The molecule has 0 atom stereocenters. The molecular weight excluding hydrogens is 218 g/mol. The molecule has 0 saturated carbocycles. The van der Waals surface area contributed by atoms with E-state index in [1.807, 2.05) is 0 Å². The number of Topliss-reactive ketones (excluding diaryl/α,β-unsaturated/α-hetero) is 2. The molecule has 0 aliphatic carbocycles. The molecule has 0 saturated heterocycles. The lowest BCUT2D eigenvalue weighted by Gasteiger charge is -2.03. The third-order valence-electron chi connectivity index (χ3n) is 2.30. The van der Waals surface area contributed by atoms with Crippen molar-refractivity contribution in [1.82, 2.24) is 0 Å². The number of aliphatic imine (C=N–C) groups is 1. The van der Waals surface area contributed by atoms with Crippen LogP contribution in [0.5, 0.6) is 5.75 Å². The summed E-state index contributed by atoms with van der Waals surface area (Å²) in [7, 11) is 1.57. The van der Waals surface area contributed by atoms with Crippen LogP contribution in [0.15, 0.2) is 29.3 Å². The Hall–Kier alpha value is -1.97. The van der Waals surface area contributed by atoms with Crippen LogP contribution in [0.1, 0.15) is 13.8 Å². The highest BCUT2D eigenvalue weighted by Gasteiger charge is 2.16. The van der Waals surface area contributed by atoms with Crippen LogP contribution >= 0.6 is 0 Å². The summed E-state index contributed by atoms with van der Waals surface area (Å²) in [5, 5.41) is 0. The van der Waals surface area contributed by atoms with E-state index < -0.39 is 5.92 Å². The van der Waals surface area contributed by atoms with Crippen LogP contribution in [0, 0.1) is 5.92 Å². The van der Waals surface area contributed by atoms with Gasteiger partial charge in [-0.1, -0.05) is 6.07 Å². The summed E-state index contributed by atoms with van der Waals surface area (Å²) in [5.41, 5.74) is 0.650. The van der Waals surface area contributed by atoms with Gasteiger partial charge in [-0.05, 0) is 26.0 Å². The summed E-state index contributed by atoms with van der Waals surface area (Å²) in [4.78, 5) is 26.5. The molecule has 1 rings (SSSR count). The SMILES string of the molecule is COc1cccc(N=CC(C(C)=O)C(C)=O)c1. The van der Waals surface area contributed by atoms with E-state index in [1.165, 1.54) is 20.1 Å². The van der Waals surface area contributed by atoms with Crippen molar-refractivity contribution in [2.45, 2.75) is 13.8 Å². The molecule has 0 heterocycles. The maximum Gasteiger partial charge on any atom is 0.145 e. The predicted molar refractivity (Wildman–Crippen MR) is 66.0 cm³/mol. The monoisotopic (exact) mass is 233 g/mol. The molecule has 0 aliphatic rings. The third-order valence-corrected chi connectivity index (χ3v) is 2.30. The van der Waals surface area contributed by atoms with E-state index in [0.29, 0.717) is 11.4 Å². The number of hydrogen-bond acceptors (Lipinski definition) is 4. The largest absolute Gasteiger partial charge is 0.497 e. The minimum atomic E-state index is -0.763. The number of rotatable bonds is 5. The fourth-order valence-corrected chi connectivity index (χ4v) is 1.35. The van der Waals surface area contributed by atoms with Crippen LogP contribution in [0.3, 0.4) is 0 Å². The molecule has 0 spiro atoms. The van der Waals surface area contributed by atoms with Crippen molar-refractivity contribution in [3.05, 3.63) is 24.3 Å². The molecule has 0 unspecified atom stereocenters. The first-order chi connectivity index (χ1) is 8.04. The second-order valence-electron chi connectivity index (χ2n) is 3.68. The van der Waals surface area contributed by atoms with Crippen molar-refractivity contribution < 1.29 is 14.3 Å². The van der Waals surface area contributed by atoms with E-state index in [9.17, 15) is 9.59 Å². The van der Waals surface area contributed by atoms with E-state index in [4.69, 9.17) is 4.74 Å². The molecule has 1 aromatic carbocycles. The highest BCUT2D eigenvalue weighted by Crippen LogP contribution is 2.19. The number of nitrogens with zero attached hydrogens (tertiary/aromatic N) is 1. The van der Waals surface area contributed by atoms with Gasteiger partial charge in [0.1, 0.15) is 23.2 Å². The third kappa shape index (κ3) is 3.83. The molecule has 4 nitrogen and oxygen atoms in total. The summed E-state index contributed by atoms with van der Waals surface area (Å²) in [6, 6.07) is 7.10. The molecule has 1 aromatic rings. The molecule has 0 radical (unpaired) electrons. The Balaban J connectivity index is 2.88. The quantitative estimate of drug-likeness (QED) is 0.578. The minimum Gasteiger partial charge on any atom is -0.497 e. The Bertz CT molecular complexity index is 438. The van der Waals surface area contributed by atoms with Gasteiger partial charge in [0.15, 0.2) is 0 Å². The molecular formula is C13H15NO3. The second-order valence-corrected chi connectivity index (χ2v) is 3.68. The van der Waals surface area contributed by atoms with Gasteiger partial charge in [-0.25, -0.2) is 0 Å². The van der Waals surface area contributed by atoms with Gasteiger partial charge in [-0.3, -0.25) is 14.6 Å². The van der Waals surface area contributed by atoms with Gasteiger partial charge >= 0.3 is 0 Å². The fourth-order valence-electron chi connectivity index (χ4n) is 1.35. The molecule has 0 amide bonds. The second kappa shape index (κ2) is 5.94. The van der Waals surface area contributed by atoms with Crippen molar-refractivity contribution in [2.24, 2.45) is 10.9 Å². The van der Waals surface area contributed by atoms with Crippen LogP contribution in [0.4, 0.5) is 5.69 Å². The predicted octanol–water partition coefficient (Wildman–Crippen LogP) is 2.19. The number of hydrogen-bond donors (Lipinski definition) is 0. The zero-order valence-electron chi connectivity index (χ0n) is 10.1. The van der Waals surface area contributed by atoms with Crippen molar-refractivity contribution in [2.75, 3.05) is 7.11 Å². The summed E-state index contributed by atoms with van der Waals surface area (Å²) in [5.74, 6) is -0.489. The molecule has 0 aliphatic heterocycles. The molecule has 0 aromatic heterocycles. The first-order valence-corrected chi connectivity index (χ1v) is 5.23. The molecule has 0 fully saturated rings. The molecule has 17 heavy (non-hydrogen) atoms. The van der Waals surface area contributed by atoms with E-state index in [-0.39, 0.29) is 11.6 Å². The molecule has 90 valence electrons. The first-order valence-electron chi connectivity index (χ1n) is 5.23. The standard InChI is InChI=1S/C13H15NO3/c1-9(15)13(10(2)16)8-14-11-5-4-6-12(7-11)17-3/h4-8,13H,1-3H3. The Kier molecular flexibility index (Phi) is 4.57. The van der Waals surface area contributed by atoms with Crippen LogP contribution in [0.2, 0.25) is 0 Å². The smallest absolute Gasteiger partial charge is 0.145 e. The van der Waals surface area contributed by atoms with Gasteiger partial charge in [-0.2, -0.15) is 0 Å². The Morgan fingerprint density at radius 2 is 1.94 bits per heavy atom. The lowest BCUT2D eigenvalue weighted by molar-refractivity contribution is -0.127. The maximum atomic E-state index is 11.2. The molecule has 0 bridgehead atoms.